The topological polar surface area (TPSA) is 66.8 Å². The number of aliphatic hydroxyl groups excluding tert-OH is 1. The van der Waals surface area contributed by atoms with Gasteiger partial charge in [0.2, 0.25) is 0 Å². The van der Waals surface area contributed by atoms with Gasteiger partial charge in [-0.1, -0.05) is 53.0 Å². The molecular weight excluding hydrogens is 437 g/mol. The van der Waals surface area contributed by atoms with E-state index in [1.54, 1.807) is 12.1 Å². The Bertz CT molecular complexity index is 1030. The van der Waals surface area contributed by atoms with Crippen LogP contribution in [0.25, 0.3) is 5.76 Å². The summed E-state index contributed by atoms with van der Waals surface area (Å²) in [5, 5.41) is 11.6. The Kier molecular flexibility index (Phi) is 7.42. The number of hydrogen-bond donors (Lipinski definition) is 1. The lowest BCUT2D eigenvalue weighted by molar-refractivity contribution is -0.140. The highest BCUT2D eigenvalue weighted by molar-refractivity contribution is 6.46. The minimum atomic E-state index is -0.722. The SMILES string of the molecule is Cc1cccc(C2/C(=C(/O)c3ccc(Cl)c(Cl)c3)C(=O)C(=O)N2CCCOC(C)C)c1. The van der Waals surface area contributed by atoms with Gasteiger partial charge >= 0.3 is 0 Å². The fraction of sp³-hybridized carbons (Fsp3) is 0.333. The first kappa shape index (κ1) is 23.3. The summed E-state index contributed by atoms with van der Waals surface area (Å²) in [5.41, 5.74) is 2.11. The van der Waals surface area contributed by atoms with E-state index in [0.717, 1.165) is 11.1 Å². The number of benzene rings is 2. The molecule has 2 aromatic rings. The highest BCUT2D eigenvalue weighted by Crippen LogP contribution is 2.40. The van der Waals surface area contributed by atoms with E-state index >= 15 is 0 Å². The molecule has 1 aliphatic rings. The Morgan fingerprint density at radius 2 is 1.87 bits per heavy atom. The summed E-state index contributed by atoms with van der Waals surface area (Å²) >= 11 is 12.1. The maximum atomic E-state index is 13.0. The summed E-state index contributed by atoms with van der Waals surface area (Å²) in [5.74, 6) is -1.64. The minimum Gasteiger partial charge on any atom is -0.507 e. The fourth-order valence-electron chi connectivity index (χ4n) is 3.65. The maximum absolute atomic E-state index is 13.0. The molecule has 5 nitrogen and oxygen atoms in total. The number of likely N-dealkylation sites (tertiary alicyclic amines) is 1. The van der Waals surface area contributed by atoms with Gasteiger partial charge in [0, 0.05) is 18.7 Å². The van der Waals surface area contributed by atoms with E-state index in [2.05, 4.69) is 0 Å². The zero-order chi connectivity index (χ0) is 22.7. The smallest absolute Gasteiger partial charge is 0.295 e. The highest BCUT2D eigenvalue weighted by atomic mass is 35.5. The summed E-state index contributed by atoms with van der Waals surface area (Å²) in [6.07, 6.45) is 0.651. The fourth-order valence-corrected chi connectivity index (χ4v) is 3.95. The highest BCUT2D eigenvalue weighted by Gasteiger charge is 2.45. The van der Waals surface area contributed by atoms with Crippen molar-refractivity contribution in [3.05, 3.63) is 74.8 Å². The van der Waals surface area contributed by atoms with Crippen molar-refractivity contribution < 1.29 is 19.4 Å². The maximum Gasteiger partial charge on any atom is 0.295 e. The van der Waals surface area contributed by atoms with Crippen LogP contribution in [0.5, 0.6) is 0 Å². The Morgan fingerprint density at radius 3 is 2.52 bits per heavy atom. The van der Waals surface area contributed by atoms with Gasteiger partial charge in [0.05, 0.1) is 27.8 Å². The third kappa shape index (κ3) is 5.12. The number of aliphatic hydroxyl groups is 1. The molecule has 0 bridgehead atoms. The zero-order valence-electron chi connectivity index (χ0n) is 17.7. The second-order valence-electron chi connectivity index (χ2n) is 7.81. The molecular formula is C24H25Cl2NO4. The first-order chi connectivity index (χ1) is 14.7. The largest absolute Gasteiger partial charge is 0.507 e. The van der Waals surface area contributed by atoms with Gasteiger partial charge in [-0.25, -0.2) is 0 Å². The van der Waals surface area contributed by atoms with Crippen molar-refractivity contribution in [1.29, 1.82) is 0 Å². The Hall–Kier alpha value is -2.34. The average molecular weight is 462 g/mol. The molecule has 0 spiro atoms. The molecule has 2 aromatic carbocycles. The molecule has 31 heavy (non-hydrogen) atoms. The number of carbonyl (C=O) groups is 2. The molecule has 164 valence electrons. The molecule has 1 amide bonds. The van der Waals surface area contributed by atoms with E-state index in [4.69, 9.17) is 27.9 Å². The summed E-state index contributed by atoms with van der Waals surface area (Å²) in [6.45, 7) is 6.61. The van der Waals surface area contributed by atoms with Crippen molar-refractivity contribution in [3.8, 4) is 0 Å². The average Bonchev–Trinajstić information content (AvgIpc) is 2.97. The lowest BCUT2D eigenvalue weighted by Crippen LogP contribution is -2.31. The van der Waals surface area contributed by atoms with Crippen molar-refractivity contribution in [1.82, 2.24) is 4.90 Å². The van der Waals surface area contributed by atoms with Gasteiger partial charge in [-0.15, -0.1) is 0 Å². The van der Waals surface area contributed by atoms with Crippen molar-refractivity contribution in [2.45, 2.75) is 39.3 Å². The normalized spacial score (nSPS) is 18.3. The molecule has 0 aromatic heterocycles. The standard InChI is InChI=1S/C24H25Cl2NO4/c1-14(2)31-11-5-10-27-21(16-7-4-6-15(3)12-16)20(23(29)24(27)30)22(28)17-8-9-18(25)19(26)13-17/h4,6-9,12-14,21,28H,5,10-11H2,1-3H3/b22-20-. The summed E-state index contributed by atoms with van der Waals surface area (Å²) in [4.78, 5) is 27.4. The van der Waals surface area contributed by atoms with Crippen LogP contribution in [0.1, 0.15) is 43.0 Å². The van der Waals surface area contributed by atoms with Crippen molar-refractivity contribution in [2.24, 2.45) is 0 Å². The first-order valence-electron chi connectivity index (χ1n) is 10.1. The monoisotopic (exact) mass is 461 g/mol. The van der Waals surface area contributed by atoms with Crippen molar-refractivity contribution in [3.63, 3.8) is 0 Å². The Morgan fingerprint density at radius 1 is 1.13 bits per heavy atom. The van der Waals surface area contributed by atoms with Crippen LogP contribution in [-0.4, -0.2) is 41.0 Å². The van der Waals surface area contributed by atoms with E-state index < -0.39 is 17.7 Å². The second kappa shape index (κ2) is 9.86. The van der Waals surface area contributed by atoms with Crippen LogP contribution in [0, 0.1) is 6.92 Å². The molecule has 1 N–H and O–H groups in total. The van der Waals surface area contributed by atoms with Gasteiger partial charge in [0.1, 0.15) is 5.76 Å². The van der Waals surface area contributed by atoms with Crippen LogP contribution >= 0.6 is 23.2 Å². The summed E-state index contributed by atoms with van der Waals surface area (Å²) < 4.78 is 5.58. The summed E-state index contributed by atoms with van der Waals surface area (Å²) in [7, 11) is 0. The molecule has 1 aliphatic heterocycles. The van der Waals surface area contributed by atoms with Gasteiger partial charge in [0.25, 0.3) is 11.7 Å². The van der Waals surface area contributed by atoms with Gasteiger partial charge in [-0.2, -0.15) is 0 Å². The van der Waals surface area contributed by atoms with Gasteiger partial charge < -0.3 is 14.7 Å². The van der Waals surface area contributed by atoms with E-state index in [9.17, 15) is 14.7 Å². The number of nitrogens with zero attached hydrogens (tertiary/aromatic N) is 1. The number of rotatable bonds is 7. The molecule has 0 radical (unpaired) electrons. The van der Waals surface area contributed by atoms with E-state index in [0.29, 0.717) is 30.2 Å². The number of carbonyl (C=O) groups excluding carboxylic acids is 2. The molecule has 1 unspecified atom stereocenters. The Balaban J connectivity index is 2.06. The lowest BCUT2D eigenvalue weighted by Gasteiger charge is -2.25. The van der Waals surface area contributed by atoms with Crippen molar-refractivity contribution in [2.75, 3.05) is 13.2 Å². The number of ketones is 1. The summed E-state index contributed by atoms with van der Waals surface area (Å²) in [6, 6.07) is 11.5. The van der Waals surface area contributed by atoms with Crippen molar-refractivity contribution >= 4 is 40.7 Å². The molecule has 0 aliphatic carbocycles. The van der Waals surface area contributed by atoms with Crippen LogP contribution in [0.3, 0.4) is 0 Å². The third-order valence-electron chi connectivity index (χ3n) is 5.09. The van der Waals surface area contributed by atoms with Crippen LogP contribution < -0.4 is 0 Å². The van der Waals surface area contributed by atoms with Gasteiger partial charge in [0.15, 0.2) is 0 Å². The molecule has 1 atom stereocenters. The Labute approximate surface area is 192 Å². The number of amides is 1. The van der Waals surface area contributed by atoms with E-state index in [1.165, 1.54) is 11.0 Å². The number of halogens is 2. The molecule has 1 saturated heterocycles. The predicted octanol–water partition coefficient (Wildman–Crippen LogP) is 5.54. The predicted molar refractivity (Wildman–Crippen MR) is 122 cm³/mol. The zero-order valence-corrected chi connectivity index (χ0v) is 19.2. The molecule has 1 heterocycles. The second-order valence-corrected chi connectivity index (χ2v) is 8.62. The van der Waals surface area contributed by atoms with E-state index in [1.807, 2.05) is 45.0 Å². The number of Topliss-reactive ketones (excluding diaryl/α,β-unsaturated/α-hetero) is 1. The number of hydrogen-bond acceptors (Lipinski definition) is 4. The van der Waals surface area contributed by atoms with Crippen LogP contribution in [-0.2, 0) is 14.3 Å². The van der Waals surface area contributed by atoms with Gasteiger partial charge in [-0.3, -0.25) is 9.59 Å². The lowest BCUT2D eigenvalue weighted by atomic mass is 9.94. The first-order valence-corrected chi connectivity index (χ1v) is 10.9. The molecule has 7 heteroatoms. The quantitative estimate of drug-likeness (QED) is 0.254. The third-order valence-corrected chi connectivity index (χ3v) is 5.82. The number of ether oxygens (including phenoxy) is 1. The number of aryl methyl sites for hydroxylation is 1. The van der Waals surface area contributed by atoms with Crippen LogP contribution in [0.2, 0.25) is 10.0 Å². The molecule has 3 rings (SSSR count). The van der Waals surface area contributed by atoms with Crippen LogP contribution in [0.4, 0.5) is 0 Å². The minimum absolute atomic E-state index is 0.0405. The molecule has 1 fully saturated rings. The van der Waals surface area contributed by atoms with Gasteiger partial charge in [-0.05, 0) is 51.0 Å². The molecule has 0 saturated carbocycles. The van der Waals surface area contributed by atoms with Crippen LogP contribution in [0.15, 0.2) is 48.0 Å². The van der Waals surface area contributed by atoms with E-state index in [-0.39, 0.29) is 22.5 Å².